The quantitative estimate of drug-likeness (QED) is 0.501. The molecule has 0 saturated carbocycles. The molecule has 0 saturated heterocycles. The van der Waals surface area contributed by atoms with E-state index in [0.29, 0.717) is 12.2 Å². The molecule has 4 aromatic rings. The van der Waals surface area contributed by atoms with Crippen molar-refractivity contribution in [2.24, 2.45) is 0 Å². The molecule has 0 aliphatic rings. The molecule has 0 aliphatic heterocycles. The van der Waals surface area contributed by atoms with Gasteiger partial charge in [0.15, 0.2) is 5.82 Å². The first-order chi connectivity index (χ1) is 14.7. The lowest BCUT2D eigenvalue weighted by atomic mass is 10.0. The Balaban J connectivity index is 1.50. The summed E-state index contributed by atoms with van der Waals surface area (Å²) in [5.41, 5.74) is 4.20. The Hall–Kier alpha value is -3.57. The van der Waals surface area contributed by atoms with E-state index < -0.39 is 0 Å². The Bertz CT molecular complexity index is 1190. The van der Waals surface area contributed by atoms with E-state index in [2.05, 4.69) is 21.4 Å². The number of aliphatic hydroxyl groups is 1. The predicted molar refractivity (Wildman–Crippen MR) is 119 cm³/mol. The number of anilines is 1. The summed E-state index contributed by atoms with van der Waals surface area (Å²) in [5.74, 6) is 0.383. The highest BCUT2D eigenvalue weighted by Gasteiger charge is 2.12. The van der Waals surface area contributed by atoms with Crippen molar-refractivity contribution in [3.63, 3.8) is 0 Å². The van der Waals surface area contributed by atoms with Crippen LogP contribution in [0.4, 0.5) is 5.82 Å². The van der Waals surface area contributed by atoms with Crippen LogP contribution in [-0.2, 0) is 24.2 Å². The molecule has 2 N–H and O–H groups in total. The van der Waals surface area contributed by atoms with Gasteiger partial charge >= 0.3 is 0 Å². The smallest absolute Gasteiger partial charge is 0.229 e. The number of fused-ring (bicyclic) bond motifs is 1. The fourth-order valence-electron chi connectivity index (χ4n) is 3.41. The largest absolute Gasteiger partial charge is 0.392 e. The molecule has 0 fully saturated rings. The zero-order valence-corrected chi connectivity index (χ0v) is 16.8. The first-order valence-electron chi connectivity index (χ1n) is 10.00. The van der Waals surface area contributed by atoms with Gasteiger partial charge in [0.2, 0.25) is 5.91 Å². The molecule has 3 aromatic carbocycles. The second-order valence-corrected chi connectivity index (χ2v) is 7.17. The SMILES string of the molecule is CCc1nc(-c2ccc(CO)cc2)cnc1NC(=O)Cc1ccc2ccccc2c1. The van der Waals surface area contributed by atoms with Crippen LogP contribution in [0.3, 0.4) is 0 Å². The number of nitrogens with zero attached hydrogens (tertiary/aromatic N) is 2. The summed E-state index contributed by atoms with van der Waals surface area (Å²) < 4.78 is 0. The van der Waals surface area contributed by atoms with Crippen molar-refractivity contribution in [2.45, 2.75) is 26.4 Å². The molecule has 1 heterocycles. The third-order valence-corrected chi connectivity index (χ3v) is 5.05. The summed E-state index contributed by atoms with van der Waals surface area (Å²) in [6.45, 7) is 2.00. The number of benzene rings is 3. The highest BCUT2D eigenvalue weighted by atomic mass is 16.3. The molecule has 5 heteroatoms. The minimum Gasteiger partial charge on any atom is -0.392 e. The number of hydrogen-bond acceptors (Lipinski definition) is 4. The summed E-state index contributed by atoms with van der Waals surface area (Å²) in [5, 5.41) is 14.4. The van der Waals surface area contributed by atoms with Crippen molar-refractivity contribution in [1.82, 2.24) is 9.97 Å². The Labute approximate surface area is 175 Å². The van der Waals surface area contributed by atoms with Crippen LogP contribution < -0.4 is 5.32 Å². The molecule has 1 amide bonds. The number of nitrogens with one attached hydrogen (secondary N) is 1. The van der Waals surface area contributed by atoms with Crippen molar-refractivity contribution in [2.75, 3.05) is 5.32 Å². The molecule has 0 aliphatic carbocycles. The zero-order chi connectivity index (χ0) is 20.9. The van der Waals surface area contributed by atoms with Crippen molar-refractivity contribution in [3.05, 3.63) is 89.7 Å². The highest BCUT2D eigenvalue weighted by molar-refractivity contribution is 5.93. The normalized spacial score (nSPS) is 10.9. The maximum absolute atomic E-state index is 12.6. The fraction of sp³-hybridized carbons (Fsp3) is 0.160. The van der Waals surface area contributed by atoms with Gasteiger partial charge in [0, 0.05) is 5.56 Å². The second kappa shape index (κ2) is 8.84. The predicted octanol–water partition coefficient (Wildman–Crippen LogP) is 4.53. The lowest BCUT2D eigenvalue weighted by Crippen LogP contribution is -2.17. The Kier molecular flexibility index (Phi) is 5.82. The minimum atomic E-state index is -0.116. The van der Waals surface area contributed by atoms with Crippen molar-refractivity contribution < 1.29 is 9.90 Å². The van der Waals surface area contributed by atoms with Gasteiger partial charge in [0.25, 0.3) is 0 Å². The van der Waals surface area contributed by atoms with Gasteiger partial charge in [-0.15, -0.1) is 0 Å². The van der Waals surface area contributed by atoms with Crippen LogP contribution in [0.25, 0.3) is 22.0 Å². The third-order valence-electron chi connectivity index (χ3n) is 5.05. The molecular formula is C25H23N3O2. The standard InChI is InChI=1S/C25H23N3O2/c1-2-22-25(26-15-23(27-22)20-11-7-17(16-29)8-12-20)28-24(30)14-18-9-10-19-5-3-4-6-21(19)13-18/h3-13,15,29H,2,14,16H2,1H3,(H,26,28,30). The average molecular weight is 397 g/mol. The topological polar surface area (TPSA) is 75.1 Å². The molecule has 5 nitrogen and oxygen atoms in total. The number of amides is 1. The van der Waals surface area contributed by atoms with E-state index >= 15 is 0 Å². The number of aliphatic hydroxyl groups excluding tert-OH is 1. The molecule has 0 atom stereocenters. The first-order valence-corrected chi connectivity index (χ1v) is 10.00. The molecule has 0 spiro atoms. The van der Waals surface area contributed by atoms with Crippen molar-refractivity contribution in [1.29, 1.82) is 0 Å². The van der Waals surface area contributed by atoms with Gasteiger partial charge in [-0.25, -0.2) is 9.97 Å². The average Bonchev–Trinajstić information content (AvgIpc) is 2.79. The van der Waals surface area contributed by atoms with Gasteiger partial charge in [-0.1, -0.05) is 73.7 Å². The van der Waals surface area contributed by atoms with E-state index in [4.69, 9.17) is 0 Å². The maximum Gasteiger partial charge on any atom is 0.229 e. The molecular weight excluding hydrogens is 374 g/mol. The number of aryl methyl sites for hydroxylation is 1. The number of hydrogen-bond donors (Lipinski definition) is 2. The van der Waals surface area contributed by atoms with Crippen molar-refractivity contribution in [3.8, 4) is 11.3 Å². The van der Waals surface area contributed by atoms with E-state index in [1.807, 2.05) is 67.6 Å². The Morgan fingerprint density at radius 1 is 0.967 bits per heavy atom. The lowest BCUT2D eigenvalue weighted by molar-refractivity contribution is -0.115. The molecule has 1 aromatic heterocycles. The molecule has 30 heavy (non-hydrogen) atoms. The van der Waals surface area contributed by atoms with Crippen LogP contribution in [0, 0.1) is 0 Å². The zero-order valence-electron chi connectivity index (χ0n) is 16.8. The number of aromatic nitrogens is 2. The van der Waals surface area contributed by atoms with Crippen molar-refractivity contribution >= 4 is 22.5 Å². The van der Waals surface area contributed by atoms with Gasteiger partial charge < -0.3 is 10.4 Å². The summed E-state index contributed by atoms with van der Waals surface area (Å²) in [6.07, 6.45) is 2.60. The fourth-order valence-corrected chi connectivity index (χ4v) is 3.41. The van der Waals surface area contributed by atoms with Crippen LogP contribution in [0.15, 0.2) is 72.9 Å². The second-order valence-electron chi connectivity index (χ2n) is 7.17. The van der Waals surface area contributed by atoms with Gasteiger partial charge in [-0.05, 0) is 28.3 Å². The molecule has 150 valence electrons. The van der Waals surface area contributed by atoms with E-state index in [9.17, 15) is 9.90 Å². The molecule has 4 rings (SSSR count). The number of carbonyl (C=O) groups excluding carboxylic acids is 1. The Morgan fingerprint density at radius 2 is 1.70 bits per heavy atom. The Morgan fingerprint density at radius 3 is 2.43 bits per heavy atom. The van der Waals surface area contributed by atoms with Gasteiger partial charge in [-0.3, -0.25) is 4.79 Å². The summed E-state index contributed by atoms with van der Waals surface area (Å²) in [4.78, 5) is 21.7. The monoisotopic (exact) mass is 397 g/mol. The van der Waals surface area contributed by atoms with Gasteiger partial charge in [0.05, 0.1) is 30.6 Å². The van der Waals surface area contributed by atoms with Gasteiger partial charge in [0.1, 0.15) is 0 Å². The minimum absolute atomic E-state index is 0.00828. The van der Waals surface area contributed by atoms with Gasteiger partial charge in [-0.2, -0.15) is 0 Å². The van der Waals surface area contributed by atoms with E-state index in [0.717, 1.165) is 38.9 Å². The van der Waals surface area contributed by atoms with Crippen LogP contribution >= 0.6 is 0 Å². The first kappa shape index (κ1) is 19.7. The van der Waals surface area contributed by atoms with E-state index in [1.54, 1.807) is 6.20 Å². The van der Waals surface area contributed by atoms with E-state index in [1.165, 1.54) is 0 Å². The number of carbonyl (C=O) groups is 1. The summed E-state index contributed by atoms with van der Waals surface area (Å²) in [7, 11) is 0. The van der Waals surface area contributed by atoms with Crippen LogP contribution in [0.2, 0.25) is 0 Å². The van der Waals surface area contributed by atoms with Crippen LogP contribution in [0.1, 0.15) is 23.7 Å². The summed E-state index contributed by atoms with van der Waals surface area (Å²) >= 11 is 0. The molecule has 0 radical (unpaired) electrons. The maximum atomic E-state index is 12.6. The lowest BCUT2D eigenvalue weighted by Gasteiger charge is -2.11. The molecule has 0 unspecified atom stereocenters. The van der Waals surface area contributed by atoms with Crippen LogP contribution in [0.5, 0.6) is 0 Å². The van der Waals surface area contributed by atoms with Crippen LogP contribution in [-0.4, -0.2) is 21.0 Å². The third kappa shape index (κ3) is 4.36. The number of rotatable bonds is 6. The summed E-state index contributed by atoms with van der Waals surface area (Å²) in [6, 6.07) is 21.7. The highest BCUT2D eigenvalue weighted by Crippen LogP contribution is 2.21. The van der Waals surface area contributed by atoms with E-state index in [-0.39, 0.29) is 18.9 Å². The molecule has 0 bridgehead atoms.